The van der Waals surface area contributed by atoms with Crippen molar-refractivity contribution in [3.8, 4) is 5.75 Å². The standard InChI is InChI=1S/C14H20ClNO/c1-10-8-12(6-7-13(10)15)17-14-5-3-2-4-11(14)9-16/h6-8,11,14H,2-5,9,16H2,1H3. The van der Waals surface area contributed by atoms with Gasteiger partial charge >= 0.3 is 0 Å². The number of ether oxygens (including phenoxy) is 1. The highest BCUT2D eigenvalue weighted by Crippen LogP contribution is 2.29. The van der Waals surface area contributed by atoms with Crippen LogP contribution in [0.4, 0.5) is 0 Å². The highest BCUT2D eigenvalue weighted by molar-refractivity contribution is 6.31. The van der Waals surface area contributed by atoms with E-state index in [9.17, 15) is 0 Å². The summed E-state index contributed by atoms with van der Waals surface area (Å²) >= 11 is 6.00. The predicted octanol–water partition coefficient (Wildman–Crippen LogP) is 3.54. The van der Waals surface area contributed by atoms with Gasteiger partial charge in [-0.3, -0.25) is 0 Å². The Morgan fingerprint density at radius 2 is 2.12 bits per heavy atom. The van der Waals surface area contributed by atoms with E-state index in [0.29, 0.717) is 5.92 Å². The highest BCUT2D eigenvalue weighted by atomic mass is 35.5. The van der Waals surface area contributed by atoms with E-state index in [0.717, 1.165) is 29.3 Å². The summed E-state index contributed by atoms with van der Waals surface area (Å²) in [5, 5.41) is 0.788. The molecule has 0 amide bonds. The van der Waals surface area contributed by atoms with Gasteiger partial charge < -0.3 is 10.5 Å². The summed E-state index contributed by atoms with van der Waals surface area (Å²) in [4.78, 5) is 0. The molecule has 1 aliphatic rings. The van der Waals surface area contributed by atoms with Crippen LogP contribution in [0.1, 0.15) is 31.2 Å². The maximum absolute atomic E-state index is 6.06. The molecular formula is C14H20ClNO. The number of benzene rings is 1. The molecule has 0 radical (unpaired) electrons. The fourth-order valence-electron chi connectivity index (χ4n) is 2.46. The molecule has 1 aromatic carbocycles. The molecular weight excluding hydrogens is 234 g/mol. The Morgan fingerprint density at radius 3 is 2.82 bits per heavy atom. The Kier molecular flexibility index (Phi) is 4.30. The zero-order valence-electron chi connectivity index (χ0n) is 10.3. The van der Waals surface area contributed by atoms with E-state index in [4.69, 9.17) is 22.1 Å². The molecule has 0 aromatic heterocycles. The third-order valence-corrected chi connectivity index (χ3v) is 3.98. The van der Waals surface area contributed by atoms with Crippen molar-refractivity contribution in [3.05, 3.63) is 28.8 Å². The second-order valence-corrected chi connectivity index (χ2v) is 5.25. The van der Waals surface area contributed by atoms with Gasteiger partial charge in [-0.25, -0.2) is 0 Å². The summed E-state index contributed by atoms with van der Waals surface area (Å²) < 4.78 is 6.06. The first-order valence-electron chi connectivity index (χ1n) is 6.33. The van der Waals surface area contributed by atoms with Gasteiger partial charge in [0.15, 0.2) is 0 Å². The minimum absolute atomic E-state index is 0.273. The van der Waals surface area contributed by atoms with Crippen LogP contribution < -0.4 is 10.5 Å². The van der Waals surface area contributed by atoms with Gasteiger partial charge in [-0.05, 0) is 56.5 Å². The molecule has 1 fully saturated rings. The van der Waals surface area contributed by atoms with Crippen LogP contribution in [-0.4, -0.2) is 12.6 Å². The van der Waals surface area contributed by atoms with Gasteiger partial charge in [0.2, 0.25) is 0 Å². The summed E-state index contributed by atoms with van der Waals surface area (Å²) in [5.41, 5.74) is 6.86. The molecule has 2 atom stereocenters. The number of nitrogens with two attached hydrogens (primary N) is 1. The van der Waals surface area contributed by atoms with Gasteiger partial charge in [-0.2, -0.15) is 0 Å². The lowest BCUT2D eigenvalue weighted by Crippen LogP contribution is -2.35. The Balaban J connectivity index is 2.05. The molecule has 2 nitrogen and oxygen atoms in total. The molecule has 94 valence electrons. The monoisotopic (exact) mass is 253 g/mol. The molecule has 0 spiro atoms. The van der Waals surface area contributed by atoms with E-state index in [2.05, 4.69) is 0 Å². The van der Waals surface area contributed by atoms with Crippen molar-refractivity contribution in [2.45, 2.75) is 38.7 Å². The van der Waals surface area contributed by atoms with E-state index in [1.807, 2.05) is 25.1 Å². The van der Waals surface area contributed by atoms with Gasteiger partial charge in [-0.1, -0.05) is 18.0 Å². The number of hydrogen-bond donors (Lipinski definition) is 1. The van der Waals surface area contributed by atoms with Crippen molar-refractivity contribution in [2.24, 2.45) is 11.7 Å². The maximum Gasteiger partial charge on any atom is 0.120 e. The van der Waals surface area contributed by atoms with Crippen LogP contribution >= 0.6 is 11.6 Å². The van der Waals surface area contributed by atoms with Crippen LogP contribution in [0, 0.1) is 12.8 Å². The normalized spacial score (nSPS) is 24.6. The molecule has 0 bridgehead atoms. The third-order valence-electron chi connectivity index (χ3n) is 3.56. The molecule has 2 rings (SSSR count). The van der Waals surface area contributed by atoms with E-state index in [1.165, 1.54) is 19.3 Å². The minimum Gasteiger partial charge on any atom is -0.490 e. The second-order valence-electron chi connectivity index (χ2n) is 4.85. The van der Waals surface area contributed by atoms with Gasteiger partial charge in [-0.15, -0.1) is 0 Å². The van der Waals surface area contributed by atoms with Crippen molar-refractivity contribution < 1.29 is 4.74 Å². The number of aryl methyl sites for hydroxylation is 1. The Labute approximate surface area is 108 Å². The van der Waals surface area contributed by atoms with Crippen LogP contribution in [0.2, 0.25) is 5.02 Å². The van der Waals surface area contributed by atoms with Gasteiger partial charge in [0.25, 0.3) is 0 Å². The van der Waals surface area contributed by atoms with Crippen LogP contribution in [0.25, 0.3) is 0 Å². The fourth-order valence-corrected chi connectivity index (χ4v) is 2.58. The Hall–Kier alpha value is -0.730. The van der Waals surface area contributed by atoms with Crippen molar-refractivity contribution in [1.82, 2.24) is 0 Å². The van der Waals surface area contributed by atoms with Gasteiger partial charge in [0, 0.05) is 10.9 Å². The Bertz CT molecular complexity index is 380. The first kappa shape index (κ1) is 12.7. The number of halogens is 1. The fraction of sp³-hybridized carbons (Fsp3) is 0.571. The largest absolute Gasteiger partial charge is 0.490 e. The molecule has 0 aliphatic heterocycles. The summed E-state index contributed by atoms with van der Waals surface area (Å²) in [6.45, 7) is 2.72. The molecule has 3 heteroatoms. The average molecular weight is 254 g/mol. The molecule has 2 unspecified atom stereocenters. The van der Waals surface area contributed by atoms with Crippen LogP contribution in [0.15, 0.2) is 18.2 Å². The predicted molar refractivity (Wildman–Crippen MR) is 71.6 cm³/mol. The minimum atomic E-state index is 0.273. The van der Waals surface area contributed by atoms with E-state index in [1.54, 1.807) is 0 Å². The lowest BCUT2D eigenvalue weighted by molar-refractivity contribution is 0.0970. The van der Waals surface area contributed by atoms with Crippen molar-refractivity contribution in [2.75, 3.05) is 6.54 Å². The lowest BCUT2D eigenvalue weighted by atomic mass is 9.86. The van der Waals surface area contributed by atoms with E-state index < -0.39 is 0 Å². The van der Waals surface area contributed by atoms with E-state index in [-0.39, 0.29) is 6.10 Å². The quantitative estimate of drug-likeness (QED) is 0.894. The summed E-state index contributed by atoms with van der Waals surface area (Å²) in [6.07, 6.45) is 5.10. The second kappa shape index (κ2) is 5.74. The number of hydrogen-bond acceptors (Lipinski definition) is 2. The van der Waals surface area contributed by atoms with Crippen molar-refractivity contribution in [3.63, 3.8) is 0 Å². The molecule has 1 aromatic rings. The summed E-state index contributed by atoms with van der Waals surface area (Å²) in [7, 11) is 0. The first-order valence-corrected chi connectivity index (χ1v) is 6.71. The molecule has 1 saturated carbocycles. The highest BCUT2D eigenvalue weighted by Gasteiger charge is 2.25. The lowest BCUT2D eigenvalue weighted by Gasteiger charge is -2.31. The van der Waals surface area contributed by atoms with Gasteiger partial charge in [0.1, 0.15) is 11.9 Å². The zero-order valence-corrected chi connectivity index (χ0v) is 11.0. The van der Waals surface area contributed by atoms with Crippen LogP contribution in [0.5, 0.6) is 5.75 Å². The molecule has 17 heavy (non-hydrogen) atoms. The topological polar surface area (TPSA) is 35.2 Å². The first-order chi connectivity index (χ1) is 8.20. The van der Waals surface area contributed by atoms with Crippen LogP contribution in [-0.2, 0) is 0 Å². The molecule has 0 heterocycles. The molecule has 0 saturated heterocycles. The SMILES string of the molecule is Cc1cc(OC2CCCCC2CN)ccc1Cl. The zero-order chi connectivity index (χ0) is 12.3. The summed E-state index contributed by atoms with van der Waals surface area (Å²) in [6, 6.07) is 5.84. The van der Waals surface area contributed by atoms with Gasteiger partial charge in [0.05, 0.1) is 0 Å². The number of rotatable bonds is 3. The average Bonchev–Trinajstić information content (AvgIpc) is 2.34. The Morgan fingerprint density at radius 1 is 1.35 bits per heavy atom. The molecule has 1 aliphatic carbocycles. The van der Waals surface area contributed by atoms with Crippen molar-refractivity contribution in [1.29, 1.82) is 0 Å². The van der Waals surface area contributed by atoms with E-state index >= 15 is 0 Å². The smallest absolute Gasteiger partial charge is 0.120 e. The van der Waals surface area contributed by atoms with Crippen molar-refractivity contribution >= 4 is 11.6 Å². The maximum atomic E-state index is 6.06. The van der Waals surface area contributed by atoms with Crippen LogP contribution in [0.3, 0.4) is 0 Å². The molecule has 2 N–H and O–H groups in total. The third kappa shape index (κ3) is 3.14. The summed E-state index contributed by atoms with van der Waals surface area (Å²) in [5.74, 6) is 1.41.